The molecule has 0 saturated carbocycles. The summed E-state index contributed by atoms with van der Waals surface area (Å²) >= 11 is 0. The van der Waals surface area contributed by atoms with Gasteiger partial charge in [0.2, 0.25) is 0 Å². The smallest absolute Gasteiger partial charge is 0.254 e. The minimum atomic E-state index is -0.0598. The molecule has 78 valence electrons. The van der Waals surface area contributed by atoms with Crippen molar-refractivity contribution in [1.29, 1.82) is 0 Å². The number of hydrogen-bond donors (Lipinski definition) is 1. The molecule has 0 aliphatic rings. The van der Waals surface area contributed by atoms with E-state index < -0.39 is 0 Å². The van der Waals surface area contributed by atoms with Gasteiger partial charge in [0.05, 0.1) is 6.61 Å². The average molecular weight is 196 g/mol. The van der Waals surface area contributed by atoms with Crippen LogP contribution in [0.3, 0.4) is 0 Å². The average Bonchev–Trinajstić information content (AvgIpc) is 2.13. The van der Waals surface area contributed by atoms with Crippen molar-refractivity contribution >= 4 is 0 Å². The molecule has 0 aliphatic carbocycles. The maximum Gasteiger partial charge on any atom is 0.254 e. The molecular weight excluding hydrogens is 180 g/mol. The molecule has 1 heterocycles. The first-order valence-corrected chi connectivity index (χ1v) is 4.62. The summed E-state index contributed by atoms with van der Waals surface area (Å²) in [6.45, 7) is 6.14. The number of rotatable bonds is 3. The zero-order valence-corrected chi connectivity index (χ0v) is 9.05. The largest absolute Gasteiger partial charge is 0.384 e. The molecule has 1 rings (SSSR count). The number of methoxy groups -OCH3 is 1. The molecular formula is C10H16N2O2. The molecule has 0 aromatic carbocycles. The lowest BCUT2D eigenvalue weighted by atomic mass is 10.1. The molecule has 4 heteroatoms. The van der Waals surface area contributed by atoms with Crippen LogP contribution in [0.5, 0.6) is 0 Å². The number of nitrogens with one attached hydrogen (secondary N) is 1. The van der Waals surface area contributed by atoms with Crippen molar-refractivity contribution in [3.8, 4) is 0 Å². The van der Waals surface area contributed by atoms with E-state index in [2.05, 4.69) is 9.97 Å². The van der Waals surface area contributed by atoms with Crippen molar-refractivity contribution in [2.75, 3.05) is 13.7 Å². The second kappa shape index (κ2) is 4.37. The van der Waals surface area contributed by atoms with Gasteiger partial charge in [-0.3, -0.25) is 4.79 Å². The lowest BCUT2D eigenvalue weighted by Crippen LogP contribution is -2.19. The highest BCUT2D eigenvalue weighted by molar-refractivity contribution is 5.15. The highest BCUT2D eigenvalue weighted by Crippen LogP contribution is 2.09. The van der Waals surface area contributed by atoms with E-state index in [0.717, 1.165) is 5.69 Å². The third kappa shape index (κ3) is 2.20. The van der Waals surface area contributed by atoms with Crippen LogP contribution in [-0.2, 0) is 4.74 Å². The molecule has 0 aliphatic heterocycles. The fraction of sp³-hybridized carbons (Fsp3) is 0.600. The molecule has 0 radical (unpaired) electrons. The van der Waals surface area contributed by atoms with Crippen LogP contribution in [-0.4, -0.2) is 23.7 Å². The standard InChI is InChI=1S/C10H16N2O2/c1-6(5-14-4)9-11-8(3)7(2)10(13)12-9/h6H,5H2,1-4H3,(H,11,12,13). The topological polar surface area (TPSA) is 55.0 Å². The van der Waals surface area contributed by atoms with E-state index in [9.17, 15) is 4.79 Å². The quantitative estimate of drug-likeness (QED) is 0.788. The Kier molecular flexibility index (Phi) is 3.41. The van der Waals surface area contributed by atoms with Gasteiger partial charge in [0.25, 0.3) is 5.56 Å². The summed E-state index contributed by atoms with van der Waals surface area (Å²) in [6, 6.07) is 0. The number of aryl methyl sites for hydroxylation is 1. The summed E-state index contributed by atoms with van der Waals surface area (Å²) in [5, 5.41) is 0. The van der Waals surface area contributed by atoms with Crippen LogP contribution in [0.4, 0.5) is 0 Å². The molecule has 0 fully saturated rings. The van der Waals surface area contributed by atoms with Crippen LogP contribution in [0.1, 0.15) is 29.9 Å². The molecule has 14 heavy (non-hydrogen) atoms. The Morgan fingerprint density at radius 2 is 2.14 bits per heavy atom. The fourth-order valence-corrected chi connectivity index (χ4v) is 1.23. The van der Waals surface area contributed by atoms with E-state index in [1.807, 2.05) is 13.8 Å². The summed E-state index contributed by atoms with van der Waals surface area (Å²) in [4.78, 5) is 18.5. The predicted molar refractivity (Wildman–Crippen MR) is 54.6 cm³/mol. The first-order chi connectivity index (χ1) is 6.56. The van der Waals surface area contributed by atoms with Gasteiger partial charge in [0, 0.05) is 24.3 Å². The normalized spacial score (nSPS) is 12.9. The number of H-pyrrole nitrogens is 1. The van der Waals surface area contributed by atoms with Crippen LogP contribution in [0, 0.1) is 13.8 Å². The molecule has 1 N–H and O–H groups in total. The zero-order valence-electron chi connectivity index (χ0n) is 9.05. The summed E-state index contributed by atoms with van der Waals surface area (Å²) < 4.78 is 5.01. The van der Waals surface area contributed by atoms with Crippen molar-refractivity contribution in [3.05, 3.63) is 27.4 Å². The van der Waals surface area contributed by atoms with Crippen LogP contribution >= 0.6 is 0 Å². The number of nitrogens with zero attached hydrogens (tertiary/aromatic N) is 1. The summed E-state index contributed by atoms with van der Waals surface area (Å²) in [5.41, 5.74) is 1.40. The van der Waals surface area contributed by atoms with Gasteiger partial charge in [-0.15, -0.1) is 0 Å². The maximum absolute atomic E-state index is 11.4. The second-order valence-corrected chi connectivity index (χ2v) is 3.52. The number of ether oxygens (including phenoxy) is 1. The minimum Gasteiger partial charge on any atom is -0.384 e. The van der Waals surface area contributed by atoms with Crippen LogP contribution in [0.15, 0.2) is 4.79 Å². The SMILES string of the molecule is COCC(C)c1nc(C)c(C)c(=O)[nH]1. The summed E-state index contributed by atoms with van der Waals surface area (Å²) in [5.74, 6) is 0.812. The fourth-order valence-electron chi connectivity index (χ4n) is 1.23. The molecule has 4 nitrogen and oxygen atoms in total. The molecule has 0 bridgehead atoms. The van der Waals surface area contributed by atoms with Crippen molar-refractivity contribution in [2.45, 2.75) is 26.7 Å². The Morgan fingerprint density at radius 3 is 2.64 bits per heavy atom. The van der Waals surface area contributed by atoms with Gasteiger partial charge in [-0.1, -0.05) is 6.92 Å². The predicted octanol–water partition coefficient (Wildman–Crippen LogP) is 1.14. The van der Waals surface area contributed by atoms with Crippen molar-refractivity contribution in [2.24, 2.45) is 0 Å². The molecule has 0 spiro atoms. The molecule has 1 aromatic heterocycles. The van der Waals surface area contributed by atoms with Gasteiger partial charge in [0.1, 0.15) is 5.82 Å². The molecule has 1 aromatic rings. The van der Waals surface area contributed by atoms with Gasteiger partial charge in [0.15, 0.2) is 0 Å². The van der Waals surface area contributed by atoms with E-state index in [1.54, 1.807) is 14.0 Å². The Balaban J connectivity index is 3.06. The highest BCUT2D eigenvalue weighted by atomic mass is 16.5. The zero-order chi connectivity index (χ0) is 10.7. The molecule has 0 saturated heterocycles. The third-order valence-corrected chi connectivity index (χ3v) is 2.30. The first-order valence-electron chi connectivity index (χ1n) is 4.62. The summed E-state index contributed by atoms with van der Waals surface area (Å²) in [7, 11) is 1.63. The van der Waals surface area contributed by atoms with E-state index >= 15 is 0 Å². The first kappa shape index (κ1) is 10.9. The lowest BCUT2D eigenvalue weighted by Gasteiger charge is -2.10. The van der Waals surface area contributed by atoms with Crippen LogP contribution in [0.2, 0.25) is 0 Å². The number of aromatic amines is 1. The van der Waals surface area contributed by atoms with Gasteiger partial charge in [-0.25, -0.2) is 4.98 Å². The monoisotopic (exact) mass is 196 g/mol. The molecule has 1 unspecified atom stereocenters. The maximum atomic E-state index is 11.4. The van der Waals surface area contributed by atoms with E-state index in [4.69, 9.17) is 4.74 Å². The van der Waals surface area contributed by atoms with E-state index in [1.165, 1.54) is 0 Å². The Morgan fingerprint density at radius 1 is 1.50 bits per heavy atom. The van der Waals surface area contributed by atoms with Crippen LogP contribution in [0.25, 0.3) is 0 Å². The van der Waals surface area contributed by atoms with Gasteiger partial charge in [-0.05, 0) is 13.8 Å². The van der Waals surface area contributed by atoms with E-state index in [-0.39, 0.29) is 11.5 Å². The third-order valence-electron chi connectivity index (χ3n) is 2.30. The Hall–Kier alpha value is -1.16. The second-order valence-electron chi connectivity index (χ2n) is 3.52. The van der Waals surface area contributed by atoms with Crippen LogP contribution < -0.4 is 5.56 Å². The highest BCUT2D eigenvalue weighted by Gasteiger charge is 2.10. The number of aromatic nitrogens is 2. The Labute approximate surface area is 83.3 Å². The van der Waals surface area contributed by atoms with Gasteiger partial charge in [-0.2, -0.15) is 0 Å². The van der Waals surface area contributed by atoms with Crippen molar-refractivity contribution in [3.63, 3.8) is 0 Å². The van der Waals surface area contributed by atoms with Crippen molar-refractivity contribution in [1.82, 2.24) is 9.97 Å². The van der Waals surface area contributed by atoms with E-state index in [0.29, 0.717) is 18.0 Å². The van der Waals surface area contributed by atoms with Gasteiger partial charge < -0.3 is 9.72 Å². The van der Waals surface area contributed by atoms with Crippen molar-refractivity contribution < 1.29 is 4.74 Å². The molecule has 0 amide bonds. The number of hydrogen-bond acceptors (Lipinski definition) is 3. The Bertz CT molecular complexity index is 371. The summed E-state index contributed by atoms with van der Waals surface area (Å²) in [6.07, 6.45) is 0. The van der Waals surface area contributed by atoms with Gasteiger partial charge >= 0.3 is 0 Å². The lowest BCUT2D eigenvalue weighted by molar-refractivity contribution is 0.181. The molecule has 1 atom stereocenters. The minimum absolute atomic E-state index is 0.0598.